The number of likely N-dealkylation sites (N-methyl/N-ethyl adjacent to an activating group) is 1. The average Bonchev–Trinajstić information content (AvgIpc) is 2.72. The first-order valence-electron chi connectivity index (χ1n) is 9.97. The number of urea groups is 1. The molecule has 12 heteroatoms. The van der Waals surface area contributed by atoms with Gasteiger partial charge in [0.25, 0.3) is 5.91 Å². The van der Waals surface area contributed by atoms with Crippen molar-refractivity contribution in [3.05, 3.63) is 23.0 Å². The van der Waals surface area contributed by atoms with Gasteiger partial charge in [-0.15, -0.1) is 0 Å². The van der Waals surface area contributed by atoms with Crippen LogP contribution < -0.4 is 20.9 Å². The first-order chi connectivity index (χ1) is 15.0. The second kappa shape index (κ2) is 7.26. The molecule has 2 saturated heterocycles. The average molecular weight is 447 g/mol. The van der Waals surface area contributed by atoms with Crippen LogP contribution in [-0.4, -0.2) is 66.4 Å². The highest BCUT2D eigenvalue weighted by atomic mass is 19.1. The lowest BCUT2D eigenvalue weighted by molar-refractivity contribution is -0.153. The summed E-state index contributed by atoms with van der Waals surface area (Å²) in [6.07, 6.45) is -1.44. The summed E-state index contributed by atoms with van der Waals surface area (Å²) in [5, 5.41) is 24.9. The normalized spacial score (nSPS) is 26.1. The first-order valence-corrected chi connectivity index (χ1v) is 9.97. The highest BCUT2D eigenvalue weighted by Gasteiger charge is 2.63. The molecule has 3 heterocycles. The standard InChI is InChI=1S/C20H22FN5O6/c1-7-6-26-13-9(4-10(14(27)11(13)21)12(22)16(28)23-3)5-20(15(26)8(2)32-7)17(29)24-19(31)25-18(20)30/h4,7-8,15,22,27H,5-6H2,1-3H3,(H,23,28)(H2,24,25,29,30,31)/t7-,8+,15-/m1/s1. The molecule has 1 aromatic rings. The fourth-order valence-corrected chi connectivity index (χ4v) is 4.99. The SMILES string of the molecule is CNC(=O)C(=N)c1cc2c(c(F)c1O)N1C[C@@H](C)O[C@@H](C)[C@@H]1C1(C2)C(=O)NC(=O)NC1=O. The molecule has 11 nitrogen and oxygen atoms in total. The molecule has 0 bridgehead atoms. The minimum Gasteiger partial charge on any atom is -0.504 e. The van der Waals surface area contributed by atoms with E-state index in [-0.39, 0.29) is 29.8 Å². The zero-order valence-corrected chi connectivity index (χ0v) is 17.5. The smallest absolute Gasteiger partial charge is 0.328 e. The first kappa shape index (κ1) is 21.7. The molecule has 3 atom stereocenters. The van der Waals surface area contributed by atoms with Gasteiger partial charge in [-0.3, -0.25) is 30.4 Å². The zero-order valence-electron chi connectivity index (χ0n) is 17.5. The van der Waals surface area contributed by atoms with Crippen molar-refractivity contribution in [1.82, 2.24) is 16.0 Å². The third-order valence-electron chi connectivity index (χ3n) is 6.22. The third kappa shape index (κ3) is 2.86. The number of rotatable bonds is 2. The molecule has 0 radical (unpaired) electrons. The lowest BCUT2D eigenvalue weighted by Crippen LogP contribution is -2.75. The molecular formula is C20H22FN5O6. The summed E-state index contributed by atoms with van der Waals surface area (Å²) in [6.45, 7) is 3.48. The van der Waals surface area contributed by atoms with E-state index in [1.807, 2.05) is 0 Å². The van der Waals surface area contributed by atoms with E-state index >= 15 is 4.39 Å². The monoisotopic (exact) mass is 447 g/mol. The molecule has 5 N–H and O–H groups in total. The molecule has 4 rings (SSSR count). The van der Waals surface area contributed by atoms with Gasteiger partial charge in [0, 0.05) is 20.0 Å². The van der Waals surface area contributed by atoms with Crippen molar-refractivity contribution >= 4 is 35.2 Å². The number of hydrogen-bond acceptors (Lipinski definition) is 8. The van der Waals surface area contributed by atoms with Gasteiger partial charge in [0.05, 0.1) is 29.5 Å². The van der Waals surface area contributed by atoms with Gasteiger partial charge >= 0.3 is 6.03 Å². The second-order valence-electron chi connectivity index (χ2n) is 8.18. The summed E-state index contributed by atoms with van der Waals surface area (Å²) >= 11 is 0. The van der Waals surface area contributed by atoms with E-state index in [4.69, 9.17) is 10.1 Å². The van der Waals surface area contributed by atoms with Crippen molar-refractivity contribution < 1.29 is 33.4 Å². The third-order valence-corrected chi connectivity index (χ3v) is 6.22. The molecular weight excluding hydrogens is 425 g/mol. The van der Waals surface area contributed by atoms with E-state index in [0.717, 1.165) is 0 Å². The lowest BCUT2D eigenvalue weighted by Gasteiger charge is -2.55. The number of carbonyl (C=O) groups is 4. The molecule has 1 spiro atoms. The number of anilines is 1. The molecule has 0 saturated carbocycles. The summed E-state index contributed by atoms with van der Waals surface area (Å²) in [6, 6.07) is -0.706. The number of phenolic OH excluding ortho intramolecular Hbond substituents is 1. The van der Waals surface area contributed by atoms with Crippen molar-refractivity contribution in [3.63, 3.8) is 0 Å². The number of benzene rings is 1. The summed E-state index contributed by atoms with van der Waals surface area (Å²) in [4.78, 5) is 51.3. The summed E-state index contributed by atoms with van der Waals surface area (Å²) in [7, 11) is 1.28. The maximum atomic E-state index is 15.5. The van der Waals surface area contributed by atoms with Crippen LogP contribution in [0.2, 0.25) is 0 Å². The molecule has 0 aliphatic carbocycles. The van der Waals surface area contributed by atoms with Gasteiger partial charge in [-0.1, -0.05) is 0 Å². The number of aromatic hydroxyl groups is 1. The lowest BCUT2D eigenvalue weighted by atomic mass is 9.66. The number of hydrogen-bond donors (Lipinski definition) is 5. The zero-order chi connectivity index (χ0) is 23.5. The van der Waals surface area contributed by atoms with Crippen LogP contribution >= 0.6 is 0 Å². The molecule has 1 aromatic carbocycles. The van der Waals surface area contributed by atoms with E-state index in [0.29, 0.717) is 0 Å². The molecule has 0 aromatic heterocycles. The Morgan fingerprint density at radius 2 is 1.94 bits per heavy atom. The molecule has 3 aliphatic heterocycles. The largest absolute Gasteiger partial charge is 0.504 e. The van der Waals surface area contributed by atoms with Crippen LogP contribution in [0.1, 0.15) is 25.0 Å². The number of morpholine rings is 1. The number of phenols is 1. The van der Waals surface area contributed by atoms with Crippen LogP contribution in [0.4, 0.5) is 14.9 Å². The van der Waals surface area contributed by atoms with E-state index in [1.54, 1.807) is 13.8 Å². The maximum Gasteiger partial charge on any atom is 0.328 e. The van der Waals surface area contributed by atoms with Crippen molar-refractivity contribution in [2.45, 2.75) is 38.5 Å². The van der Waals surface area contributed by atoms with Crippen molar-refractivity contribution in [2.24, 2.45) is 5.41 Å². The number of carbonyl (C=O) groups excluding carboxylic acids is 4. The van der Waals surface area contributed by atoms with E-state index < -0.39 is 64.7 Å². The Bertz CT molecular complexity index is 1070. The van der Waals surface area contributed by atoms with Gasteiger partial charge in [0.15, 0.2) is 17.0 Å². The number of nitrogens with one attached hydrogen (secondary N) is 4. The van der Waals surface area contributed by atoms with Crippen LogP contribution in [-0.2, 0) is 25.5 Å². The number of imide groups is 2. The molecule has 0 unspecified atom stereocenters. The Kier molecular flexibility index (Phi) is 4.92. The number of amides is 5. The molecule has 170 valence electrons. The van der Waals surface area contributed by atoms with Crippen LogP contribution in [0.3, 0.4) is 0 Å². The highest BCUT2D eigenvalue weighted by Crippen LogP contribution is 2.49. The Morgan fingerprint density at radius 3 is 2.53 bits per heavy atom. The maximum absolute atomic E-state index is 15.5. The molecule has 32 heavy (non-hydrogen) atoms. The van der Waals surface area contributed by atoms with E-state index in [1.165, 1.54) is 18.0 Å². The summed E-state index contributed by atoms with van der Waals surface area (Å²) < 4.78 is 21.3. The summed E-state index contributed by atoms with van der Waals surface area (Å²) in [5.41, 5.74) is -2.79. The molecule has 5 amide bonds. The fourth-order valence-electron chi connectivity index (χ4n) is 4.99. The van der Waals surface area contributed by atoms with Gasteiger partial charge in [0.1, 0.15) is 5.71 Å². The topological polar surface area (TPSA) is 161 Å². The van der Waals surface area contributed by atoms with E-state index in [9.17, 15) is 24.3 Å². The Morgan fingerprint density at radius 1 is 1.31 bits per heavy atom. The Hall–Kier alpha value is -3.54. The van der Waals surface area contributed by atoms with Crippen LogP contribution in [0.5, 0.6) is 5.75 Å². The quantitative estimate of drug-likeness (QED) is 0.303. The minimum atomic E-state index is -1.84. The van der Waals surface area contributed by atoms with E-state index in [2.05, 4.69) is 16.0 Å². The van der Waals surface area contributed by atoms with Crippen LogP contribution in [0, 0.1) is 16.6 Å². The van der Waals surface area contributed by atoms with Gasteiger partial charge in [-0.05, 0) is 25.5 Å². The second-order valence-corrected chi connectivity index (χ2v) is 8.18. The van der Waals surface area contributed by atoms with Gasteiger partial charge < -0.3 is 20.1 Å². The molecule has 2 fully saturated rings. The number of barbiturate groups is 1. The highest BCUT2D eigenvalue weighted by molar-refractivity contribution is 6.44. The Balaban J connectivity index is 1.97. The predicted molar refractivity (Wildman–Crippen MR) is 108 cm³/mol. The number of nitrogens with zero attached hydrogens (tertiary/aromatic N) is 1. The number of fused-ring (bicyclic) bond motifs is 4. The number of halogens is 1. The van der Waals surface area contributed by atoms with Crippen molar-refractivity contribution in [3.8, 4) is 5.75 Å². The fraction of sp³-hybridized carbons (Fsp3) is 0.450. The summed E-state index contributed by atoms with van der Waals surface area (Å²) in [5.74, 6) is -4.51. The molecule has 3 aliphatic rings. The Labute approximate surface area is 181 Å². The number of ether oxygens (including phenoxy) is 1. The minimum absolute atomic E-state index is 0.0360. The van der Waals surface area contributed by atoms with Gasteiger partial charge in [-0.2, -0.15) is 0 Å². The van der Waals surface area contributed by atoms with Gasteiger partial charge in [0.2, 0.25) is 11.8 Å². The van der Waals surface area contributed by atoms with Crippen LogP contribution in [0.15, 0.2) is 6.07 Å². The predicted octanol–water partition coefficient (Wildman–Crippen LogP) is -0.464. The van der Waals surface area contributed by atoms with Crippen molar-refractivity contribution in [1.29, 1.82) is 5.41 Å². The van der Waals surface area contributed by atoms with Gasteiger partial charge in [-0.25, -0.2) is 9.18 Å². The van der Waals surface area contributed by atoms with Crippen molar-refractivity contribution in [2.75, 3.05) is 18.5 Å². The van der Waals surface area contributed by atoms with Crippen LogP contribution in [0.25, 0.3) is 0 Å².